The SMILES string of the molecule is COc1ccc(NC(=O)CCCn2c(=O)c3cccn3c3ccc(OC)cc32)cc1. The molecule has 1 N–H and O–H groups in total. The van der Waals surface area contributed by atoms with Crippen LogP contribution < -0.4 is 20.3 Å². The lowest BCUT2D eigenvalue weighted by molar-refractivity contribution is -0.116. The van der Waals surface area contributed by atoms with Gasteiger partial charge in [0.2, 0.25) is 5.91 Å². The van der Waals surface area contributed by atoms with Gasteiger partial charge < -0.3 is 23.8 Å². The fourth-order valence-corrected chi connectivity index (χ4v) is 3.58. The van der Waals surface area contributed by atoms with E-state index in [-0.39, 0.29) is 11.5 Å². The van der Waals surface area contributed by atoms with Crippen LogP contribution in [0.3, 0.4) is 0 Å². The number of fused-ring (bicyclic) bond motifs is 3. The Labute approximate surface area is 173 Å². The molecule has 0 spiro atoms. The van der Waals surface area contributed by atoms with Crippen LogP contribution in [0.25, 0.3) is 16.6 Å². The minimum atomic E-state index is -0.0983. The van der Waals surface area contributed by atoms with Crippen molar-refractivity contribution in [3.8, 4) is 11.5 Å². The van der Waals surface area contributed by atoms with Crippen LogP contribution in [0.4, 0.5) is 5.69 Å². The van der Waals surface area contributed by atoms with Gasteiger partial charge in [-0.1, -0.05) is 0 Å². The third-order valence-corrected chi connectivity index (χ3v) is 5.11. The molecule has 0 unspecified atom stereocenters. The molecule has 0 bridgehead atoms. The quantitative estimate of drug-likeness (QED) is 0.509. The van der Waals surface area contributed by atoms with E-state index in [4.69, 9.17) is 9.47 Å². The summed E-state index contributed by atoms with van der Waals surface area (Å²) in [7, 11) is 3.20. The van der Waals surface area contributed by atoms with Gasteiger partial charge >= 0.3 is 0 Å². The first-order chi connectivity index (χ1) is 14.6. The summed E-state index contributed by atoms with van der Waals surface area (Å²) in [6.07, 6.45) is 2.71. The predicted molar refractivity (Wildman–Crippen MR) is 117 cm³/mol. The maximum atomic E-state index is 13.0. The summed E-state index contributed by atoms with van der Waals surface area (Å²) in [5, 5.41) is 2.87. The molecule has 0 saturated carbocycles. The average molecular weight is 405 g/mol. The Morgan fingerprint density at radius 1 is 0.933 bits per heavy atom. The molecule has 0 radical (unpaired) electrons. The van der Waals surface area contributed by atoms with Gasteiger partial charge in [-0.15, -0.1) is 0 Å². The molecular formula is C23H23N3O4. The monoisotopic (exact) mass is 405 g/mol. The van der Waals surface area contributed by atoms with E-state index in [0.29, 0.717) is 36.3 Å². The number of hydrogen-bond acceptors (Lipinski definition) is 4. The topological polar surface area (TPSA) is 74.0 Å². The molecule has 4 aromatic rings. The molecule has 0 fully saturated rings. The number of benzene rings is 2. The molecule has 7 heteroatoms. The zero-order valence-electron chi connectivity index (χ0n) is 16.9. The molecule has 30 heavy (non-hydrogen) atoms. The molecule has 0 aliphatic heterocycles. The molecule has 4 rings (SSSR count). The highest BCUT2D eigenvalue weighted by Gasteiger charge is 2.12. The highest BCUT2D eigenvalue weighted by Crippen LogP contribution is 2.22. The number of ether oxygens (including phenoxy) is 2. The minimum Gasteiger partial charge on any atom is -0.497 e. The van der Waals surface area contributed by atoms with Gasteiger partial charge in [-0.2, -0.15) is 0 Å². The standard InChI is InChI=1S/C23H23N3O4/c1-29-17-9-7-16(8-10-17)24-22(27)6-4-14-26-21-15-18(30-2)11-12-19(21)25-13-3-5-20(25)23(26)28/h3,5,7-13,15H,4,6,14H2,1-2H3,(H,24,27). The predicted octanol–water partition coefficient (Wildman–Crippen LogP) is 3.69. The van der Waals surface area contributed by atoms with E-state index in [1.54, 1.807) is 49.1 Å². The molecule has 0 aliphatic carbocycles. The number of nitrogens with one attached hydrogen (secondary N) is 1. The largest absolute Gasteiger partial charge is 0.497 e. The normalized spacial score (nSPS) is 11.0. The molecule has 7 nitrogen and oxygen atoms in total. The van der Waals surface area contributed by atoms with Crippen LogP contribution in [0.1, 0.15) is 12.8 Å². The number of hydrogen-bond donors (Lipinski definition) is 1. The minimum absolute atomic E-state index is 0.0867. The van der Waals surface area contributed by atoms with Gasteiger partial charge in [-0.3, -0.25) is 9.59 Å². The van der Waals surface area contributed by atoms with Gasteiger partial charge in [0, 0.05) is 30.9 Å². The van der Waals surface area contributed by atoms with Crippen molar-refractivity contribution in [2.45, 2.75) is 19.4 Å². The van der Waals surface area contributed by atoms with E-state index in [1.165, 1.54) is 0 Å². The Hall–Kier alpha value is -3.74. The van der Waals surface area contributed by atoms with Crippen LogP contribution >= 0.6 is 0 Å². The third kappa shape index (κ3) is 3.74. The van der Waals surface area contributed by atoms with Gasteiger partial charge in [0.25, 0.3) is 5.56 Å². The second-order valence-electron chi connectivity index (χ2n) is 6.96. The van der Waals surface area contributed by atoms with Crippen molar-refractivity contribution in [1.82, 2.24) is 8.97 Å². The highest BCUT2D eigenvalue weighted by molar-refractivity contribution is 5.90. The van der Waals surface area contributed by atoms with Crippen LogP contribution in [0.5, 0.6) is 11.5 Å². The van der Waals surface area contributed by atoms with Crippen LogP contribution in [0, 0.1) is 0 Å². The van der Waals surface area contributed by atoms with E-state index in [9.17, 15) is 9.59 Å². The first-order valence-corrected chi connectivity index (χ1v) is 9.72. The number of amides is 1. The Morgan fingerprint density at radius 3 is 2.40 bits per heavy atom. The molecule has 0 saturated heterocycles. The Kier molecular flexibility index (Phi) is 5.43. The highest BCUT2D eigenvalue weighted by atomic mass is 16.5. The van der Waals surface area contributed by atoms with Crippen LogP contribution in [-0.2, 0) is 11.3 Å². The Bertz CT molecular complexity index is 1260. The summed E-state index contributed by atoms with van der Waals surface area (Å²) >= 11 is 0. The maximum Gasteiger partial charge on any atom is 0.275 e. The fourth-order valence-electron chi connectivity index (χ4n) is 3.58. The number of rotatable bonds is 7. The van der Waals surface area contributed by atoms with Crippen LogP contribution in [0.15, 0.2) is 65.6 Å². The number of carbonyl (C=O) groups is 1. The van der Waals surface area contributed by atoms with E-state index in [1.807, 2.05) is 34.9 Å². The smallest absolute Gasteiger partial charge is 0.275 e. The first-order valence-electron chi connectivity index (χ1n) is 9.72. The molecule has 1 amide bonds. The van der Waals surface area contributed by atoms with Crippen molar-refractivity contribution in [1.29, 1.82) is 0 Å². The van der Waals surface area contributed by atoms with Gasteiger partial charge in [-0.05, 0) is 55.0 Å². The van der Waals surface area contributed by atoms with Gasteiger partial charge in [0.05, 0.1) is 25.3 Å². The summed E-state index contributed by atoms with van der Waals surface area (Å²) in [6, 6.07) is 16.5. The number of aryl methyl sites for hydroxylation is 1. The number of aromatic nitrogens is 2. The number of carbonyl (C=O) groups excluding carboxylic acids is 1. The molecule has 154 valence electrons. The molecule has 0 atom stereocenters. The Balaban J connectivity index is 1.53. The zero-order valence-corrected chi connectivity index (χ0v) is 16.9. The van der Waals surface area contributed by atoms with Crippen molar-refractivity contribution in [2.24, 2.45) is 0 Å². The molecule has 0 aliphatic rings. The molecule has 2 heterocycles. The Morgan fingerprint density at radius 2 is 1.67 bits per heavy atom. The van der Waals surface area contributed by atoms with Crippen molar-refractivity contribution in [2.75, 3.05) is 19.5 Å². The van der Waals surface area contributed by atoms with Crippen molar-refractivity contribution in [3.63, 3.8) is 0 Å². The van der Waals surface area contributed by atoms with Crippen LogP contribution in [-0.4, -0.2) is 29.1 Å². The summed E-state index contributed by atoms with van der Waals surface area (Å²) in [5.74, 6) is 1.31. The second kappa shape index (κ2) is 8.32. The van der Waals surface area contributed by atoms with Crippen molar-refractivity contribution in [3.05, 3.63) is 71.1 Å². The lowest BCUT2D eigenvalue weighted by Gasteiger charge is -2.14. The first kappa shape index (κ1) is 19.6. The van der Waals surface area contributed by atoms with Crippen molar-refractivity contribution >= 4 is 28.1 Å². The second-order valence-corrected chi connectivity index (χ2v) is 6.96. The summed E-state index contributed by atoms with van der Waals surface area (Å²) < 4.78 is 14.1. The summed E-state index contributed by atoms with van der Waals surface area (Å²) in [5.41, 5.74) is 2.92. The molecule has 2 aromatic heterocycles. The number of anilines is 1. The van der Waals surface area contributed by atoms with E-state index >= 15 is 0 Å². The van der Waals surface area contributed by atoms with Gasteiger partial charge in [0.15, 0.2) is 0 Å². The number of methoxy groups -OCH3 is 2. The average Bonchev–Trinajstić information content (AvgIpc) is 3.26. The van der Waals surface area contributed by atoms with Crippen molar-refractivity contribution < 1.29 is 14.3 Å². The summed E-state index contributed by atoms with van der Waals surface area (Å²) in [4.78, 5) is 25.3. The van der Waals surface area contributed by atoms with Gasteiger partial charge in [0.1, 0.15) is 17.0 Å². The van der Waals surface area contributed by atoms with E-state index in [0.717, 1.165) is 16.8 Å². The number of nitrogens with zero attached hydrogens (tertiary/aromatic N) is 2. The fraction of sp³-hybridized carbons (Fsp3) is 0.217. The van der Waals surface area contributed by atoms with Crippen LogP contribution in [0.2, 0.25) is 0 Å². The molecular weight excluding hydrogens is 382 g/mol. The van der Waals surface area contributed by atoms with E-state index in [2.05, 4.69) is 5.32 Å². The van der Waals surface area contributed by atoms with Gasteiger partial charge in [-0.25, -0.2) is 0 Å². The third-order valence-electron chi connectivity index (χ3n) is 5.11. The molecule has 2 aromatic carbocycles. The lowest BCUT2D eigenvalue weighted by atomic mass is 10.2. The maximum absolute atomic E-state index is 13.0. The zero-order chi connectivity index (χ0) is 21.1. The summed E-state index contributed by atoms with van der Waals surface area (Å²) in [6.45, 7) is 0.431. The lowest BCUT2D eigenvalue weighted by Crippen LogP contribution is -2.23. The van der Waals surface area contributed by atoms with E-state index < -0.39 is 0 Å².